The van der Waals surface area contributed by atoms with Gasteiger partial charge in [-0.3, -0.25) is 14.5 Å². The molecule has 1 amide bonds. The number of ether oxygens (including phenoxy) is 2. The normalized spacial score (nSPS) is 14.8. The van der Waals surface area contributed by atoms with Gasteiger partial charge in [0.1, 0.15) is 17.2 Å². The first-order valence-electron chi connectivity index (χ1n) is 11.4. The minimum atomic E-state index is -0.808. The summed E-state index contributed by atoms with van der Waals surface area (Å²) in [5.41, 5.74) is 0.801. The van der Waals surface area contributed by atoms with Crippen molar-refractivity contribution in [3.8, 4) is 11.5 Å². The lowest BCUT2D eigenvalue weighted by molar-refractivity contribution is 0.0970. The molecule has 0 aliphatic carbocycles. The molecule has 10 heteroatoms. The monoisotopic (exact) mass is 523 g/mol. The molecule has 2 aromatic heterocycles. The van der Waals surface area contributed by atoms with Crippen molar-refractivity contribution in [2.75, 3.05) is 18.1 Å². The first-order valence-corrected chi connectivity index (χ1v) is 12.6. The number of aromatic nitrogens is 2. The molecule has 0 saturated heterocycles. The Hall–Kier alpha value is -3.69. The number of halogens is 1. The topological polar surface area (TPSA) is 94.8 Å². The number of carbonyl (C=O) groups excluding carboxylic acids is 1. The molecule has 2 aromatic carbocycles. The zero-order valence-electron chi connectivity index (χ0n) is 19.6. The zero-order valence-corrected chi connectivity index (χ0v) is 21.2. The van der Waals surface area contributed by atoms with Gasteiger partial charge in [0.2, 0.25) is 10.9 Å². The quantitative estimate of drug-likeness (QED) is 0.278. The zero-order chi connectivity index (χ0) is 25.4. The van der Waals surface area contributed by atoms with Gasteiger partial charge in [-0.05, 0) is 49.2 Å². The van der Waals surface area contributed by atoms with Crippen molar-refractivity contribution in [1.82, 2.24) is 10.2 Å². The van der Waals surface area contributed by atoms with Gasteiger partial charge in [0, 0.05) is 5.02 Å². The standard InChI is InChI=1S/C26H22ClN3O5S/c1-4-11-34-18-9-7-14(12-19(18)33-6-3)22-21-23(31)16-13-15(27)8-10-17(16)35-24(21)25(32)30(22)26-29-28-20(5-2)36-26/h4,7-10,12-13,22H,1,5-6,11H2,2-3H3. The van der Waals surface area contributed by atoms with Crippen LogP contribution < -0.4 is 19.8 Å². The molecule has 1 aliphatic rings. The van der Waals surface area contributed by atoms with E-state index in [0.29, 0.717) is 52.2 Å². The largest absolute Gasteiger partial charge is 0.490 e. The summed E-state index contributed by atoms with van der Waals surface area (Å²) in [6.07, 6.45) is 2.31. The number of benzene rings is 2. The van der Waals surface area contributed by atoms with Crippen LogP contribution in [0.3, 0.4) is 0 Å². The number of carbonyl (C=O) groups is 1. The molecule has 0 fully saturated rings. The number of hydrogen-bond donors (Lipinski definition) is 0. The van der Waals surface area contributed by atoms with E-state index in [4.69, 9.17) is 25.5 Å². The summed E-state index contributed by atoms with van der Waals surface area (Å²) in [5.74, 6) is 0.515. The third-order valence-corrected chi connectivity index (χ3v) is 7.04. The highest BCUT2D eigenvalue weighted by molar-refractivity contribution is 7.15. The van der Waals surface area contributed by atoms with Crippen LogP contribution >= 0.6 is 22.9 Å². The van der Waals surface area contributed by atoms with E-state index < -0.39 is 11.9 Å². The van der Waals surface area contributed by atoms with Gasteiger partial charge in [0.15, 0.2) is 16.9 Å². The van der Waals surface area contributed by atoms with Crippen molar-refractivity contribution >= 4 is 44.9 Å². The lowest BCUT2D eigenvalue weighted by Crippen LogP contribution is -2.29. The fourth-order valence-electron chi connectivity index (χ4n) is 4.17. The Labute approximate surface area is 215 Å². The Bertz CT molecular complexity index is 1550. The van der Waals surface area contributed by atoms with Gasteiger partial charge in [-0.1, -0.05) is 48.6 Å². The maximum Gasteiger partial charge on any atom is 0.297 e. The first-order chi connectivity index (χ1) is 17.5. The van der Waals surface area contributed by atoms with Gasteiger partial charge in [-0.2, -0.15) is 0 Å². The number of aryl methyl sites for hydroxylation is 1. The Balaban J connectivity index is 1.75. The van der Waals surface area contributed by atoms with Crippen molar-refractivity contribution in [3.05, 3.63) is 86.2 Å². The van der Waals surface area contributed by atoms with Crippen LogP contribution in [0.1, 0.15) is 46.6 Å². The van der Waals surface area contributed by atoms with E-state index in [-0.39, 0.29) is 22.3 Å². The molecule has 36 heavy (non-hydrogen) atoms. The maximum absolute atomic E-state index is 13.8. The highest BCUT2D eigenvalue weighted by Crippen LogP contribution is 2.44. The highest BCUT2D eigenvalue weighted by atomic mass is 35.5. The molecule has 5 rings (SSSR count). The van der Waals surface area contributed by atoms with Crippen molar-refractivity contribution in [2.24, 2.45) is 0 Å². The fraction of sp³-hybridized carbons (Fsp3) is 0.231. The molecule has 3 heterocycles. The summed E-state index contributed by atoms with van der Waals surface area (Å²) in [7, 11) is 0. The van der Waals surface area contributed by atoms with Crippen LogP contribution in [0.2, 0.25) is 5.02 Å². The number of amides is 1. The molecule has 0 spiro atoms. The van der Waals surface area contributed by atoms with Crippen molar-refractivity contribution in [2.45, 2.75) is 26.3 Å². The highest BCUT2D eigenvalue weighted by Gasteiger charge is 2.45. The summed E-state index contributed by atoms with van der Waals surface area (Å²) >= 11 is 7.46. The van der Waals surface area contributed by atoms with Crippen LogP contribution in [0, 0.1) is 0 Å². The van der Waals surface area contributed by atoms with Gasteiger partial charge >= 0.3 is 0 Å². The van der Waals surface area contributed by atoms with Gasteiger partial charge in [0.05, 0.1) is 23.6 Å². The van der Waals surface area contributed by atoms with Gasteiger partial charge in [-0.15, -0.1) is 10.2 Å². The minimum absolute atomic E-state index is 0.0296. The van der Waals surface area contributed by atoms with Gasteiger partial charge in [0.25, 0.3) is 5.91 Å². The summed E-state index contributed by atoms with van der Waals surface area (Å²) in [5, 5.41) is 10.3. The van der Waals surface area contributed by atoms with E-state index in [1.165, 1.54) is 16.2 Å². The molecule has 8 nitrogen and oxygen atoms in total. The lowest BCUT2D eigenvalue weighted by Gasteiger charge is -2.23. The Morgan fingerprint density at radius 2 is 1.97 bits per heavy atom. The maximum atomic E-state index is 13.8. The van der Waals surface area contributed by atoms with Gasteiger partial charge in [-0.25, -0.2) is 0 Å². The van der Waals surface area contributed by atoms with Crippen LogP contribution in [-0.2, 0) is 6.42 Å². The minimum Gasteiger partial charge on any atom is -0.490 e. The van der Waals surface area contributed by atoms with Crippen molar-refractivity contribution in [1.29, 1.82) is 0 Å². The third-order valence-electron chi connectivity index (χ3n) is 5.74. The van der Waals surface area contributed by atoms with Crippen LogP contribution in [0.5, 0.6) is 11.5 Å². The third kappa shape index (κ3) is 4.04. The molecule has 184 valence electrons. The Kier molecular flexibility index (Phi) is 6.51. The second kappa shape index (κ2) is 9.75. The number of anilines is 1. The molecule has 1 atom stereocenters. The molecular formula is C26H22ClN3O5S. The molecule has 0 radical (unpaired) electrons. The second-order valence-corrected chi connectivity index (χ2v) is 9.44. The molecule has 0 bridgehead atoms. The molecule has 4 aromatic rings. The van der Waals surface area contributed by atoms with Crippen molar-refractivity contribution in [3.63, 3.8) is 0 Å². The molecule has 0 saturated carbocycles. The summed E-state index contributed by atoms with van der Waals surface area (Å²) in [6.45, 7) is 8.21. The molecule has 0 N–H and O–H groups in total. The van der Waals surface area contributed by atoms with E-state index in [1.807, 2.05) is 13.8 Å². The molecule has 1 aliphatic heterocycles. The average Bonchev–Trinajstić information content (AvgIpc) is 3.46. The first kappa shape index (κ1) is 24.0. The van der Waals surface area contributed by atoms with E-state index >= 15 is 0 Å². The van der Waals surface area contributed by atoms with E-state index in [0.717, 1.165) is 5.01 Å². The number of hydrogen-bond acceptors (Lipinski definition) is 8. The van der Waals surface area contributed by atoms with Crippen LogP contribution in [0.25, 0.3) is 11.0 Å². The smallest absolute Gasteiger partial charge is 0.297 e. The number of fused-ring (bicyclic) bond motifs is 2. The molecular weight excluding hydrogens is 502 g/mol. The fourth-order valence-corrected chi connectivity index (χ4v) is 5.15. The van der Waals surface area contributed by atoms with E-state index in [2.05, 4.69) is 16.8 Å². The lowest BCUT2D eigenvalue weighted by atomic mass is 9.98. The van der Waals surface area contributed by atoms with Crippen LogP contribution in [0.4, 0.5) is 5.13 Å². The van der Waals surface area contributed by atoms with E-state index in [9.17, 15) is 9.59 Å². The van der Waals surface area contributed by atoms with Crippen LogP contribution in [0.15, 0.2) is 58.3 Å². The number of nitrogens with zero attached hydrogens (tertiary/aromatic N) is 3. The Morgan fingerprint density at radius 3 is 2.69 bits per heavy atom. The predicted octanol–water partition coefficient (Wildman–Crippen LogP) is 5.57. The average molecular weight is 524 g/mol. The Morgan fingerprint density at radius 1 is 1.14 bits per heavy atom. The van der Waals surface area contributed by atoms with Gasteiger partial charge < -0.3 is 13.9 Å². The molecule has 1 unspecified atom stereocenters. The van der Waals surface area contributed by atoms with Crippen LogP contribution in [-0.4, -0.2) is 29.3 Å². The van der Waals surface area contributed by atoms with E-state index in [1.54, 1.807) is 42.5 Å². The van der Waals surface area contributed by atoms with Crippen molar-refractivity contribution < 1.29 is 18.7 Å². The SMILES string of the molecule is C=CCOc1ccc(C2c3c(oc4ccc(Cl)cc4c3=O)C(=O)N2c2nnc(CC)s2)cc1OCC. The second-order valence-electron chi connectivity index (χ2n) is 7.96. The number of rotatable bonds is 8. The summed E-state index contributed by atoms with van der Waals surface area (Å²) < 4.78 is 17.5. The summed E-state index contributed by atoms with van der Waals surface area (Å²) in [4.78, 5) is 28.9. The summed E-state index contributed by atoms with van der Waals surface area (Å²) in [6, 6.07) is 9.26. The predicted molar refractivity (Wildman–Crippen MR) is 139 cm³/mol.